The highest BCUT2D eigenvalue weighted by Gasteiger charge is 2.48. The number of hydrogen-bond donors (Lipinski definition) is 1. The van der Waals surface area contributed by atoms with Gasteiger partial charge < -0.3 is 24.3 Å². The topological polar surface area (TPSA) is 74.9 Å². The third-order valence-corrected chi connectivity index (χ3v) is 7.36. The molecular formula is C28H33N3O4. The largest absolute Gasteiger partial charge is 0.497 e. The fourth-order valence-electron chi connectivity index (χ4n) is 5.61. The van der Waals surface area contributed by atoms with Gasteiger partial charge >= 0.3 is 0 Å². The first-order valence-corrected chi connectivity index (χ1v) is 12.5. The number of rotatable bonds is 8. The standard InChI is InChI=1S/C28H33N3O4/c1-4-5-6-9-14-30-17-25(32)31-23(28(30)33)16-21-19-10-7-8-11-22(19)29-26(21)27(31)20-13-12-18(34-2)15-24(20)35-3/h7-8,10-13,15,23,27,29H,4-6,9,14,16-17H2,1-3H3/t23-,27-/m0/s1. The van der Waals surface area contributed by atoms with Crippen LogP contribution in [0.3, 0.4) is 0 Å². The number of methoxy groups -OCH3 is 2. The number of piperazine rings is 1. The van der Waals surface area contributed by atoms with Crippen molar-refractivity contribution in [3.63, 3.8) is 0 Å². The molecular weight excluding hydrogens is 442 g/mol. The number of fused-ring (bicyclic) bond motifs is 4. The normalized spacial score (nSPS) is 19.6. The van der Waals surface area contributed by atoms with Gasteiger partial charge in [0.15, 0.2) is 0 Å². The second-order valence-corrected chi connectivity index (χ2v) is 9.41. The lowest BCUT2D eigenvalue weighted by molar-refractivity contribution is -0.158. The molecule has 0 unspecified atom stereocenters. The van der Waals surface area contributed by atoms with Crippen LogP contribution in [0.25, 0.3) is 10.9 Å². The number of amides is 2. The van der Waals surface area contributed by atoms with Crippen LogP contribution in [0, 0.1) is 0 Å². The molecule has 0 bridgehead atoms. The minimum absolute atomic E-state index is 0.0303. The summed E-state index contributed by atoms with van der Waals surface area (Å²) in [6.07, 6.45) is 4.78. The molecule has 0 spiro atoms. The van der Waals surface area contributed by atoms with Gasteiger partial charge in [0.25, 0.3) is 0 Å². The van der Waals surface area contributed by atoms with Gasteiger partial charge in [0.1, 0.15) is 23.6 Å². The summed E-state index contributed by atoms with van der Waals surface area (Å²) in [6, 6.07) is 12.8. The molecule has 2 amide bonds. The molecule has 5 rings (SSSR count). The van der Waals surface area contributed by atoms with Crippen molar-refractivity contribution < 1.29 is 19.1 Å². The fraction of sp³-hybridized carbons (Fsp3) is 0.429. The Balaban J connectivity index is 1.60. The summed E-state index contributed by atoms with van der Waals surface area (Å²) >= 11 is 0. The number of benzene rings is 2. The van der Waals surface area contributed by atoms with Crippen molar-refractivity contribution in [2.45, 2.75) is 51.1 Å². The highest BCUT2D eigenvalue weighted by atomic mass is 16.5. The first-order valence-electron chi connectivity index (χ1n) is 12.5. The Hall–Kier alpha value is -3.48. The average Bonchev–Trinajstić information content (AvgIpc) is 3.26. The maximum absolute atomic E-state index is 13.7. The first-order chi connectivity index (χ1) is 17.1. The van der Waals surface area contributed by atoms with E-state index >= 15 is 0 Å². The Morgan fingerprint density at radius 1 is 1.03 bits per heavy atom. The lowest BCUT2D eigenvalue weighted by Crippen LogP contribution is -2.63. The Morgan fingerprint density at radius 2 is 1.86 bits per heavy atom. The summed E-state index contributed by atoms with van der Waals surface area (Å²) < 4.78 is 11.1. The third-order valence-electron chi connectivity index (χ3n) is 7.36. The molecule has 1 aromatic heterocycles. The monoisotopic (exact) mass is 475 g/mol. The molecule has 3 heterocycles. The molecule has 3 aromatic rings. The van der Waals surface area contributed by atoms with Crippen molar-refractivity contribution in [2.24, 2.45) is 0 Å². The number of aromatic amines is 1. The van der Waals surface area contributed by atoms with E-state index in [1.807, 2.05) is 36.4 Å². The number of hydrogen-bond acceptors (Lipinski definition) is 4. The number of carbonyl (C=O) groups excluding carboxylic acids is 2. The number of H-pyrrole nitrogens is 1. The Morgan fingerprint density at radius 3 is 2.63 bits per heavy atom. The van der Waals surface area contributed by atoms with Crippen LogP contribution in [0.4, 0.5) is 0 Å². The van der Waals surface area contributed by atoms with E-state index < -0.39 is 12.1 Å². The Kier molecular flexibility index (Phi) is 6.41. The SMILES string of the molecule is CCCCCCN1CC(=O)N2[C@@H](c3ccc(OC)cc3OC)c3[nH]c4ccccc4c3C[C@H]2C1=O. The van der Waals surface area contributed by atoms with Gasteiger partial charge in [-0.3, -0.25) is 9.59 Å². The molecule has 0 aliphatic carbocycles. The van der Waals surface area contributed by atoms with Crippen LogP contribution in [0.1, 0.15) is 55.5 Å². The van der Waals surface area contributed by atoms with E-state index in [4.69, 9.17) is 9.47 Å². The van der Waals surface area contributed by atoms with Gasteiger partial charge in [0.05, 0.1) is 20.8 Å². The zero-order valence-corrected chi connectivity index (χ0v) is 20.7. The fourth-order valence-corrected chi connectivity index (χ4v) is 5.61. The van der Waals surface area contributed by atoms with Crippen molar-refractivity contribution in [1.82, 2.24) is 14.8 Å². The van der Waals surface area contributed by atoms with E-state index in [1.54, 1.807) is 24.0 Å². The van der Waals surface area contributed by atoms with Crippen molar-refractivity contribution in [2.75, 3.05) is 27.3 Å². The van der Waals surface area contributed by atoms with E-state index in [0.717, 1.165) is 53.4 Å². The van der Waals surface area contributed by atoms with Crippen molar-refractivity contribution in [1.29, 1.82) is 0 Å². The van der Waals surface area contributed by atoms with E-state index in [0.29, 0.717) is 24.5 Å². The molecule has 35 heavy (non-hydrogen) atoms. The lowest BCUT2D eigenvalue weighted by Gasteiger charge is -2.47. The smallest absolute Gasteiger partial charge is 0.246 e. The molecule has 1 fully saturated rings. The molecule has 7 nitrogen and oxygen atoms in total. The number of aromatic nitrogens is 1. The Bertz CT molecular complexity index is 1250. The number of carbonyl (C=O) groups is 2. The molecule has 0 radical (unpaired) electrons. The van der Waals surface area contributed by atoms with Gasteiger partial charge in [-0.15, -0.1) is 0 Å². The highest BCUT2D eigenvalue weighted by Crippen LogP contribution is 2.45. The first kappa shape index (κ1) is 23.3. The van der Waals surface area contributed by atoms with Crippen LogP contribution >= 0.6 is 0 Å². The van der Waals surface area contributed by atoms with Crippen LogP contribution < -0.4 is 9.47 Å². The summed E-state index contributed by atoms with van der Waals surface area (Å²) in [6.45, 7) is 2.92. The minimum Gasteiger partial charge on any atom is -0.497 e. The molecule has 1 N–H and O–H groups in total. The van der Waals surface area contributed by atoms with E-state index in [2.05, 4.69) is 18.0 Å². The zero-order valence-electron chi connectivity index (χ0n) is 20.7. The molecule has 184 valence electrons. The minimum atomic E-state index is -0.536. The molecule has 2 aromatic carbocycles. The van der Waals surface area contributed by atoms with E-state index in [1.165, 1.54) is 0 Å². The Labute approximate surface area is 206 Å². The lowest BCUT2D eigenvalue weighted by atomic mass is 9.85. The maximum Gasteiger partial charge on any atom is 0.246 e. The molecule has 0 saturated carbocycles. The van der Waals surface area contributed by atoms with Gasteiger partial charge in [0, 0.05) is 41.2 Å². The summed E-state index contributed by atoms with van der Waals surface area (Å²) in [5.41, 5.74) is 3.89. The number of para-hydroxylation sites is 1. The quantitative estimate of drug-likeness (QED) is 0.489. The summed E-state index contributed by atoms with van der Waals surface area (Å²) in [4.78, 5) is 34.5. The predicted octanol–water partition coefficient (Wildman–Crippen LogP) is 4.45. The average molecular weight is 476 g/mol. The van der Waals surface area contributed by atoms with Gasteiger partial charge in [-0.25, -0.2) is 0 Å². The van der Waals surface area contributed by atoms with Gasteiger partial charge in [-0.05, 0) is 30.2 Å². The zero-order chi connectivity index (χ0) is 24.5. The van der Waals surface area contributed by atoms with Gasteiger partial charge in [0.2, 0.25) is 11.8 Å². The van der Waals surface area contributed by atoms with Crippen molar-refractivity contribution in [3.05, 3.63) is 59.3 Å². The van der Waals surface area contributed by atoms with Crippen LogP contribution in [-0.2, 0) is 16.0 Å². The summed E-state index contributed by atoms with van der Waals surface area (Å²) in [5, 5.41) is 1.10. The van der Waals surface area contributed by atoms with Crippen LogP contribution in [0.5, 0.6) is 11.5 Å². The summed E-state index contributed by atoms with van der Waals surface area (Å²) in [5.74, 6) is 1.31. The van der Waals surface area contributed by atoms with Gasteiger partial charge in [-0.2, -0.15) is 0 Å². The molecule has 2 atom stereocenters. The summed E-state index contributed by atoms with van der Waals surface area (Å²) in [7, 11) is 3.23. The molecule has 2 aliphatic rings. The molecule has 2 aliphatic heterocycles. The van der Waals surface area contributed by atoms with Gasteiger partial charge in [-0.1, -0.05) is 44.4 Å². The van der Waals surface area contributed by atoms with Crippen molar-refractivity contribution >= 4 is 22.7 Å². The number of nitrogens with zero attached hydrogens (tertiary/aromatic N) is 2. The number of unbranched alkanes of at least 4 members (excludes halogenated alkanes) is 3. The highest BCUT2D eigenvalue weighted by molar-refractivity contribution is 5.97. The van der Waals surface area contributed by atoms with Crippen LogP contribution in [0.2, 0.25) is 0 Å². The third kappa shape index (κ3) is 4.03. The number of ether oxygens (including phenoxy) is 2. The maximum atomic E-state index is 13.7. The second-order valence-electron chi connectivity index (χ2n) is 9.41. The van der Waals surface area contributed by atoms with E-state index in [-0.39, 0.29) is 18.4 Å². The molecule has 1 saturated heterocycles. The molecule has 7 heteroatoms. The van der Waals surface area contributed by atoms with E-state index in [9.17, 15) is 9.59 Å². The van der Waals surface area contributed by atoms with Crippen LogP contribution in [0.15, 0.2) is 42.5 Å². The van der Waals surface area contributed by atoms with Crippen LogP contribution in [-0.4, -0.2) is 59.9 Å². The number of nitrogens with one attached hydrogen (secondary N) is 1. The second kappa shape index (κ2) is 9.64. The van der Waals surface area contributed by atoms with Crippen molar-refractivity contribution in [3.8, 4) is 11.5 Å². The predicted molar refractivity (Wildman–Crippen MR) is 135 cm³/mol.